The van der Waals surface area contributed by atoms with Gasteiger partial charge in [0.05, 0.1) is 5.56 Å². The topological polar surface area (TPSA) is 61.2 Å². The Morgan fingerprint density at radius 1 is 1.19 bits per heavy atom. The minimum atomic E-state index is -0.521. The summed E-state index contributed by atoms with van der Waals surface area (Å²) < 4.78 is 7.28. The third-order valence-corrected chi connectivity index (χ3v) is 5.22. The number of hydrogen-bond donors (Lipinski definition) is 0. The van der Waals surface area contributed by atoms with Crippen molar-refractivity contribution in [2.45, 2.75) is 26.8 Å². The van der Waals surface area contributed by atoms with E-state index in [1.54, 1.807) is 23.5 Å². The van der Waals surface area contributed by atoms with Crippen LogP contribution in [-0.4, -0.2) is 27.9 Å². The Bertz CT molecular complexity index is 899. The van der Waals surface area contributed by atoms with Crippen LogP contribution >= 0.6 is 11.3 Å². The minimum absolute atomic E-state index is 0.192. The fourth-order valence-corrected chi connectivity index (χ4v) is 3.58. The highest BCUT2D eigenvalue weighted by Crippen LogP contribution is 2.18. The SMILES string of the molecule is Cc1cc(C(=O)COC(=O)c2ccncc2)c(C)n1CCc1cccs1. The first-order valence-electron chi connectivity index (χ1n) is 8.35. The Labute approximate surface area is 156 Å². The first-order valence-corrected chi connectivity index (χ1v) is 9.23. The summed E-state index contributed by atoms with van der Waals surface area (Å²) >= 11 is 1.73. The number of carbonyl (C=O) groups excluding carboxylic acids is 2. The van der Waals surface area contributed by atoms with E-state index in [2.05, 4.69) is 21.0 Å². The lowest BCUT2D eigenvalue weighted by Crippen LogP contribution is -2.15. The van der Waals surface area contributed by atoms with Crippen molar-refractivity contribution >= 4 is 23.1 Å². The summed E-state index contributed by atoms with van der Waals surface area (Å²) in [6.07, 6.45) is 3.96. The number of hydrogen-bond acceptors (Lipinski definition) is 5. The smallest absolute Gasteiger partial charge is 0.338 e. The predicted molar refractivity (Wildman–Crippen MR) is 101 cm³/mol. The van der Waals surface area contributed by atoms with Crippen LogP contribution in [0.4, 0.5) is 0 Å². The average Bonchev–Trinajstić information content (AvgIpc) is 3.27. The zero-order valence-electron chi connectivity index (χ0n) is 14.8. The summed E-state index contributed by atoms with van der Waals surface area (Å²) in [6.45, 7) is 4.47. The summed E-state index contributed by atoms with van der Waals surface area (Å²) in [5, 5.41) is 2.07. The van der Waals surface area contributed by atoms with Crippen molar-refractivity contribution in [1.82, 2.24) is 9.55 Å². The van der Waals surface area contributed by atoms with Gasteiger partial charge < -0.3 is 9.30 Å². The number of ketones is 1. The van der Waals surface area contributed by atoms with Crippen molar-refractivity contribution in [3.63, 3.8) is 0 Å². The molecule has 0 bridgehead atoms. The monoisotopic (exact) mass is 368 g/mol. The Morgan fingerprint density at radius 3 is 2.65 bits per heavy atom. The van der Waals surface area contributed by atoms with Crippen LogP contribution in [0.15, 0.2) is 48.1 Å². The molecule has 0 aliphatic heterocycles. The van der Waals surface area contributed by atoms with Crippen LogP contribution in [0.25, 0.3) is 0 Å². The van der Waals surface area contributed by atoms with E-state index in [0.717, 1.165) is 24.4 Å². The maximum Gasteiger partial charge on any atom is 0.338 e. The number of nitrogens with zero attached hydrogens (tertiary/aromatic N) is 2. The second-order valence-electron chi connectivity index (χ2n) is 6.00. The molecule has 0 spiro atoms. The molecule has 0 aliphatic carbocycles. The second-order valence-corrected chi connectivity index (χ2v) is 7.03. The molecule has 5 nitrogen and oxygen atoms in total. The number of thiophene rings is 1. The molecule has 26 heavy (non-hydrogen) atoms. The molecular formula is C20H20N2O3S. The third kappa shape index (κ3) is 4.08. The van der Waals surface area contributed by atoms with E-state index < -0.39 is 5.97 Å². The van der Waals surface area contributed by atoms with Crippen LogP contribution in [0.5, 0.6) is 0 Å². The largest absolute Gasteiger partial charge is 0.454 e. The van der Waals surface area contributed by atoms with E-state index in [9.17, 15) is 9.59 Å². The maximum absolute atomic E-state index is 12.5. The van der Waals surface area contributed by atoms with E-state index in [4.69, 9.17) is 4.74 Å². The quantitative estimate of drug-likeness (QED) is 0.469. The highest BCUT2D eigenvalue weighted by Gasteiger charge is 2.18. The molecule has 0 aromatic carbocycles. The molecule has 0 atom stereocenters. The fraction of sp³-hybridized carbons (Fsp3) is 0.250. The van der Waals surface area contributed by atoms with Gasteiger partial charge in [0.15, 0.2) is 6.61 Å². The number of aromatic nitrogens is 2. The van der Waals surface area contributed by atoms with Crippen LogP contribution in [-0.2, 0) is 17.7 Å². The Balaban J connectivity index is 1.64. The van der Waals surface area contributed by atoms with E-state index in [1.807, 2.05) is 26.0 Å². The van der Waals surface area contributed by atoms with Crippen molar-refractivity contribution in [2.75, 3.05) is 6.61 Å². The lowest BCUT2D eigenvalue weighted by molar-refractivity contribution is 0.0474. The van der Waals surface area contributed by atoms with Gasteiger partial charge >= 0.3 is 5.97 Å². The van der Waals surface area contributed by atoms with Gasteiger partial charge in [0, 0.05) is 40.8 Å². The normalized spacial score (nSPS) is 10.7. The first kappa shape index (κ1) is 18.1. The molecule has 3 rings (SSSR count). The molecule has 0 fully saturated rings. The molecule has 6 heteroatoms. The molecule has 0 radical (unpaired) electrons. The highest BCUT2D eigenvalue weighted by molar-refractivity contribution is 7.09. The van der Waals surface area contributed by atoms with Gasteiger partial charge in [-0.1, -0.05) is 6.07 Å². The number of ether oxygens (including phenoxy) is 1. The molecule has 0 unspecified atom stereocenters. The van der Waals surface area contributed by atoms with Crippen molar-refractivity contribution in [1.29, 1.82) is 0 Å². The maximum atomic E-state index is 12.5. The standard InChI is InChI=1S/C20H20N2O3S/c1-14-12-18(15(2)22(14)10-7-17-4-3-11-26-17)19(23)13-25-20(24)16-5-8-21-9-6-16/h3-6,8-9,11-12H,7,10,13H2,1-2H3. The number of aryl methyl sites for hydroxylation is 2. The molecule has 0 saturated carbocycles. The van der Waals surface area contributed by atoms with Crippen LogP contribution < -0.4 is 0 Å². The molecule has 0 N–H and O–H groups in total. The molecule has 0 aliphatic rings. The Kier molecular flexibility index (Phi) is 5.63. The van der Waals surface area contributed by atoms with Gasteiger partial charge in [0.1, 0.15) is 0 Å². The zero-order chi connectivity index (χ0) is 18.5. The van der Waals surface area contributed by atoms with Crippen molar-refractivity contribution in [2.24, 2.45) is 0 Å². The van der Waals surface area contributed by atoms with Crippen LogP contribution in [0, 0.1) is 13.8 Å². The fourth-order valence-electron chi connectivity index (χ4n) is 2.88. The van der Waals surface area contributed by atoms with Gasteiger partial charge in [0.25, 0.3) is 0 Å². The van der Waals surface area contributed by atoms with Crippen LogP contribution in [0.2, 0.25) is 0 Å². The van der Waals surface area contributed by atoms with Gasteiger partial charge in [-0.05, 0) is 49.9 Å². The molecule has 3 aromatic rings. The molecule has 0 amide bonds. The first-order chi connectivity index (χ1) is 12.6. The van der Waals surface area contributed by atoms with Crippen molar-refractivity contribution in [3.8, 4) is 0 Å². The lowest BCUT2D eigenvalue weighted by Gasteiger charge is -2.09. The van der Waals surface area contributed by atoms with E-state index in [-0.39, 0.29) is 12.4 Å². The summed E-state index contributed by atoms with van der Waals surface area (Å²) in [5.41, 5.74) is 2.93. The molecular weight excluding hydrogens is 348 g/mol. The second kappa shape index (κ2) is 8.10. The summed E-state index contributed by atoms with van der Waals surface area (Å²) in [6, 6.07) is 9.14. The van der Waals surface area contributed by atoms with E-state index >= 15 is 0 Å². The minimum Gasteiger partial charge on any atom is -0.454 e. The summed E-state index contributed by atoms with van der Waals surface area (Å²) in [4.78, 5) is 29.6. The van der Waals surface area contributed by atoms with Crippen LogP contribution in [0.1, 0.15) is 37.0 Å². The van der Waals surface area contributed by atoms with Gasteiger partial charge in [-0.2, -0.15) is 0 Å². The summed E-state index contributed by atoms with van der Waals surface area (Å²) in [5.74, 6) is -0.713. The number of esters is 1. The lowest BCUT2D eigenvalue weighted by atomic mass is 10.1. The number of rotatable bonds is 7. The van der Waals surface area contributed by atoms with Gasteiger partial charge in [0.2, 0.25) is 5.78 Å². The molecule has 3 aromatic heterocycles. The zero-order valence-corrected chi connectivity index (χ0v) is 15.6. The number of Topliss-reactive ketones (excluding diaryl/α,β-unsaturated/α-hetero) is 1. The highest BCUT2D eigenvalue weighted by atomic mass is 32.1. The number of carbonyl (C=O) groups is 2. The number of pyridine rings is 1. The summed E-state index contributed by atoms with van der Waals surface area (Å²) in [7, 11) is 0. The van der Waals surface area contributed by atoms with Gasteiger partial charge in [-0.3, -0.25) is 9.78 Å². The Hall–Kier alpha value is -2.73. The van der Waals surface area contributed by atoms with Crippen molar-refractivity contribution < 1.29 is 14.3 Å². The van der Waals surface area contributed by atoms with Gasteiger partial charge in [-0.15, -0.1) is 11.3 Å². The predicted octanol–water partition coefficient (Wildman–Crippen LogP) is 3.84. The molecule has 0 saturated heterocycles. The van der Waals surface area contributed by atoms with E-state index in [1.165, 1.54) is 17.3 Å². The average molecular weight is 368 g/mol. The third-order valence-electron chi connectivity index (χ3n) is 4.29. The molecule has 3 heterocycles. The Morgan fingerprint density at radius 2 is 1.96 bits per heavy atom. The van der Waals surface area contributed by atoms with Crippen molar-refractivity contribution in [3.05, 3.63) is 75.5 Å². The van der Waals surface area contributed by atoms with E-state index in [0.29, 0.717) is 11.1 Å². The van der Waals surface area contributed by atoms with Crippen LogP contribution in [0.3, 0.4) is 0 Å². The molecule has 134 valence electrons. The van der Waals surface area contributed by atoms with Gasteiger partial charge in [-0.25, -0.2) is 4.79 Å².